The summed E-state index contributed by atoms with van der Waals surface area (Å²) in [4.78, 5) is 9.88. The summed E-state index contributed by atoms with van der Waals surface area (Å²) in [5.41, 5.74) is 3.15. The van der Waals surface area contributed by atoms with E-state index in [1.807, 2.05) is 24.3 Å². The molecular weight excluding hydrogens is 180 g/mol. The predicted molar refractivity (Wildman–Crippen MR) is 54.8 cm³/mol. The van der Waals surface area contributed by atoms with Crippen LogP contribution in [-0.2, 0) is 0 Å². The second kappa shape index (κ2) is 3.49. The number of fused-ring (bicyclic) bond motifs is 1. The topological polar surface area (TPSA) is 55.2 Å². The molecule has 0 aliphatic carbocycles. The lowest BCUT2D eigenvalue weighted by Gasteiger charge is -1.96. The van der Waals surface area contributed by atoms with Crippen molar-refractivity contribution in [3.05, 3.63) is 46.0 Å². The highest BCUT2D eigenvalue weighted by Gasteiger charge is 2.14. The van der Waals surface area contributed by atoms with Gasteiger partial charge in [0.25, 0.3) is 0 Å². The molecule has 14 heavy (non-hydrogen) atoms. The molecule has 0 aromatic heterocycles. The number of benzene rings is 1. The van der Waals surface area contributed by atoms with E-state index in [1.165, 1.54) is 0 Å². The fourth-order valence-corrected chi connectivity index (χ4v) is 1.57. The van der Waals surface area contributed by atoms with E-state index < -0.39 is 0 Å². The second-order valence-corrected chi connectivity index (χ2v) is 3.14. The van der Waals surface area contributed by atoms with E-state index in [-0.39, 0.29) is 11.5 Å². The lowest BCUT2D eigenvalue weighted by molar-refractivity contribution is -0.468. The summed E-state index contributed by atoms with van der Waals surface area (Å²) in [5.74, 6) is 0. The number of hydrogen-bond acceptors (Lipinski definition) is 3. The molecule has 1 aromatic rings. The monoisotopic (exact) mass is 190 g/mol. The molecule has 1 aliphatic heterocycles. The zero-order valence-electron chi connectivity index (χ0n) is 7.56. The number of para-hydroxylation sites is 1. The Balaban J connectivity index is 2.26. The van der Waals surface area contributed by atoms with Crippen molar-refractivity contribution in [3.63, 3.8) is 0 Å². The van der Waals surface area contributed by atoms with Crippen LogP contribution in [0.3, 0.4) is 0 Å². The molecule has 2 rings (SSSR count). The van der Waals surface area contributed by atoms with E-state index in [0.717, 1.165) is 16.8 Å². The summed E-state index contributed by atoms with van der Waals surface area (Å²) < 4.78 is 0. The highest BCUT2D eigenvalue weighted by Crippen LogP contribution is 2.29. The van der Waals surface area contributed by atoms with E-state index >= 15 is 0 Å². The quantitative estimate of drug-likeness (QED) is 0.571. The summed E-state index contributed by atoms with van der Waals surface area (Å²) in [6.07, 6.45) is 1.67. The zero-order valence-corrected chi connectivity index (χ0v) is 7.56. The molecule has 0 saturated carbocycles. The highest BCUT2D eigenvalue weighted by molar-refractivity contribution is 5.84. The number of anilines is 1. The Bertz CT molecular complexity index is 399. The minimum absolute atomic E-state index is 0.106. The zero-order chi connectivity index (χ0) is 9.97. The van der Waals surface area contributed by atoms with Crippen LogP contribution in [-0.4, -0.2) is 18.0 Å². The molecule has 0 amide bonds. The standard InChI is InChI=1S/C10H10N2O2/c13-12(14)6-5-8-7-11-10-4-2-1-3-9(8)10/h1-5,11H,6-7H2. The van der Waals surface area contributed by atoms with Crippen molar-refractivity contribution in [3.8, 4) is 0 Å². The van der Waals surface area contributed by atoms with Gasteiger partial charge < -0.3 is 5.32 Å². The normalized spacial score (nSPS) is 16.4. The summed E-state index contributed by atoms with van der Waals surface area (Å²) in [6.45, 7) is 0.582. The first-order valence-corrected chi connectivity index (χ1v) is 4.41. The Morgan fingerprint density at radius 2 is 2.29 bits per heavy atom. The van der Waals surface area contributed by atoms with Gasteiger partial charge in [0.1, 0.15) is 0 Å². The molecule has 4 heteroatoms. The van der Waals surface area contributed by atoms with Crippen molar-refractivity contribution in [2.75, 3.05) is 18.4 Å². The van der Waals surface area contributed by atoms with Crippen LogP contribution in [0.25, 0.3) is 5.57 Å². The van der Waals surface area contributed by atoms with Crippen molar-refractivity contribution in [1.29, 1.82) is 0 Å². The lowest BCUT2D eigenvalue weighted by atomic mass is 10.1. The van der Waals surface area contributed by atoms with E-state index in [1.54, 1.807) is 6.08 Å². The van der Waals surface area contributed by atoms with Crippen LogP contribution in [0.4, 0.5) is 5.69 Å². The molecular formula is C10H10N2O2. The highest BCUT2D eigenvalue weighted by atomic mass is 16.6. The molecule has 1 N–H and O–H groups in total. The predicted octanol–water partition coefficient (Wildman–Crippen LogP) is 1.77. The molecule has 0 unspecified atom stereocenters. The Hall–Kier alpha value is -1.84. The van der Waals surface area contributed by atoms with Crippen LogP contribution in [0.15, 0.2) is 30.3 Å². The third-order valence-corrected chi connectivity index (χ3v) is 2.23. The van der Waals surface area contributed by atoms with E-state index in [0.29, 0.717) is 6.54 Å². The van der Waals surface area contributed by atoms with E-state index in [2.05, 4.69) is 5.32 Å². The van der Waals surface area contributed by atoms with Crippen LogP contribution in [0.5, 0.6) is 0 Å². The van der Waals surface area contributed by atoms with Gasteiger partial charge in [-0.15, -0.1) is 0 Å². The van der Waals surface area contributed by atoms with Gasteiger partial charge in [-0.3, -0.25) is 10.1 Å². The van der Waals surface area contributed by atoms with Gasteiger partial charge in [0.05, 0.1) is 0 Å². The van der Waals surface area contributed by atoms with Crippen molar-refractivity contribution in [1.82, 2.24) is 0 Å². The summed E-state index contributed by atoms with van der Waals surface area (Å²) >= 11 is 0. The maximum atomic E-state index is 10.2. The fourth-order valence-electron chi connectivity index (χ4n) is 1.57. The maximum Gasteiger partial charge on any atom is 0.222 e. The second-order valence-electron chi connectivity index (χ2n) is 3.14. The van der Waals surface area contributed by atoms with E-state index in [4.69, 9.17) is 0 Å². The Kier molecular flexibility index (Phi) is 2.18. The van der Waals surface area contributed by atoms with Crippen LogP contribution < -0.4 is 5.32 Å². The molecule has 0 bridgehead atoms. The number of nitrogens with zero attached hydrogens (tertiary/aromatic N) is 1. The first-order valence-electron chi connectivity index (χ1n) is 4.41. The van der Waals surface area contributed by atoms with Crippen molar-refractivity contribution in [2.24, 2.45) is 0 Å². The largest absolute Gasteiger partial charge is 0.380 e. The molecule has 0 atom stereocenters. The molecule has 72 valence electrons. The molecule has 0 saturated heterocycles. The Morgan fingerprint density at radius 1 is 1.50 bits per heavy atom. The smallest absolute Gasteiger partial charge is 0.222 e. The molecule has 1 heterocycles. The third-order valence-electron chi connectivity index (χ3n) is 2.23. The van der Waals surface area contributed by atoms with Gasteiger partial charge >= 0.3 is 0 Å². The molecule has 0 spiro atoms. The number of hydrogen-bond donors (Lipinski definition) is 1. The summed E-state index contributed by atoms with van der Waals surface area (Å²) in [6, 6.07) is 7.83. The third kappa shape index (κ3) is 1.59. The summed E-state index contributed by atoms with van der Waals surface area (Å²) in [7, 11) is 0. The van der Waals surface area contributed by atoms with Gasteiger partial charge in [-0.2, -0.15) is 0 Å². The van der Waals surface area contributed by atoms with Crippen molar-refractivity contribution < 1.29 is 4.92 Å². The molecule has 1 aromatic carbocycles. The average molecular weight is 190 g/mol. The van der Waals surface area contributed by atoms with Crippen LogP contribution in [0.1, 0.15) is 5.56 Å². The van der Waals surface area contributed by atoms with E-state index in [9.17, 15) is 10.1 Å². The Morgan fingerprint density at radius 3 is 3.07 bits per heavy atom. The maximum absolute atomic E-state index is 10.2. The van der Waals surface area contributed by atoms with Gasteiger partial charge in [0.15, 0.2) is 0 Å². The van der Waals surface area contributed by atoms with Gasteiger partial charge in [0, 0.05) is 22.7 Å². The summed E-state index contributed by atoms with van der Waals surface area (Å²) in [5, 5.41) is 13.4. The number of rotatable bonds is 2. The molecule has 0 radical (unpaired) electrons. The molecule has 4 nitrogen and oxygen atoms in total. The minimum atomic E-state index is -0.325. The van der Waals surface area contributed by atoms with Gasteiger partial charge in [-0.1, -0.05) is 18.2 Å². The average Bonchev–Trinajstić information content (AvgIpc) is 2.58. The number of nitrogens with one attached hydrogen (secondary N) is 1. The van der Waals surface area contributed by atoms with Gasteiger partial charge in [0.2, 0.25) is 6.54 Å². The van der Waals surface area contributed by atoms with Gasteiger partial charge in [-0.05, 0) is 17.7 Å². The molecule has 1 aliphatic rings. The van der Waals surface area contributed by atoms with Crippen LogP contribution >= 0.6 is 0 Å². The lowest BCUT2D eigenvalue weighted by Crippen LogP contribution is -1.99. The van der Waals surface area contributed by atoms with Crippen molar-refractivity contribution >= 4 is 11.3 Å². The van der Waals surface area contributed by atoms with Crippen molar-refractivity contribution in [2.45, 2.75) is 0 Å². The van der Waals surface area contributed by atoms with Crippen LogP contribution in [0.2, 0.25) is 0 Å². The minimum Gasteiger partial charge on any atom is -0.380 e. The Labute approximate surface area is 81.4 Å². The fraction of sp³-hybridized carbons (Fsp3) is 0.200. The molecule has 0 fully saturated rings. The number of nitro groups is 1. The first kappa shape index (κ1) is 8.74. The SMILES string of the molecule is O=[N+]([O-])CC=C1CNc2ccccc21. The first-order chi connectivity index (χ1) is 6.77. The van der Waals surface area contributed by atoms with Gasteiger partial charge in [-0.25, -0.2) is 0 Å². The van der Waals surface area contributed by atoms with Crippen LogP contribution in [0, 0.1) is 10.1 Å².